The third-order valence-corrected chi connectivity index (χ3v) is 3.42. The molecule has 0 heterocycles. The molecule has 0 bridgehead atoms. The van der Waals surface area contributed by atoms with Crippen molar-refractivity contribution in [2.45, 2.75) is 39.5 Å². The van der Waals surface area contributed by atoms with E-state index < -0.39 is 5.97 Å². The van der Waals surface area contributed by atoms with Gasteiger partial charge in [0.15, 0.2) is 0 Å². The zero-order chi connectivity index (χ0) is 15.0. The quantitative estimate of drug-likeness (QED) is 0.736. The Morgan fingerprint density at radius 3 is 2.65 bits per heavy atom. The molecular formula is C16H24O4. The van der Waals surface area contributed by atoms with Gasteiger partial charge in [0.25, 0.3) is 0 Å². The van der Waals surface area contributed by atoms with Crippen molar-refractivity contribution in [3.63, 3.8) is 0 Å². The number of phenols is 1. The summed E-state index contributed by atoms with van der Waals surface area (Å²) < 4.78 is 10.3. The van der Waals surface area contributed by atoms with Crippen molar-refractivity contribution in [1.29, 1.82) is 0 Å². The number of carbonyl (C=O) groups excluding carboxylic acids is 1. The molecule has 1 N–H and O–H groups in total. The van der Waals surface area contributed by atoms with Crippen molar-refractivity contribution >= 4 is 5.97 Å². The van der Waals surface area contributed by atoms with Gasteiger partial charge in [-0.3, -0.25) is 0 Å². The van der Waals surface area contributed by atoms with Crippen LogP contribution in [0.5, 0.6) is 11.5 Å². The van der Waals surface area contributed by atoms with E-state index in [2.05, 4.69) is 13.8 Å². The Labute approximate surface area is 120 Å². The zero-order valence-electron chi connectivity index (χ0n) is 12.5. The molecule has 0 aromatic heterocycles. The molecule has 0 spiro atoms. The number of esters is 1. The second-order valence-corrected chi connectivity index (χ2v) is 4.90. The van der Waals surface area contributed by atoms with Crippen LogP contribution in [0.15, 0.2) is 18.2 Å². The van der Waals surface area contributed by atoms with E-state index in [0.29, 0.717) is 18.3 Å². The summed E-state index contributed by atoms with van der Waals surface area (Å²) in [6, 6.07) is 4.55. The third-order valence-electron chi connectivity index (χ3n) is 3.42. The average molecular weight is 280 g/mol. The van der Waals surface area contributed by atoms with Crippen LogP contribution in [0.4, 0.5) is 0 Å². The van der Waals surface area contributed by atoms with E-state index in [0.717, 1.165) is 25.7 Å². The Morgan fingerprint density at radius 1 is 1.35 bits per heavy atom. The van der Waals surface area contributed by atoms with Crippen LogP contribution in [0, 0.1) is 5.92 Å². The molecule has 1 aromatic carbocycles. The lowest BCUT2D eigenvalue weighted by Gasteiger charge is -2.15. The molecule has 0 aliphatic carbocycles. The van der Waals surface area contributed by atoms with Crippen LogP contribution in [0.1, 0.15) is 49.9 Å². The fourth-order valence-electron chi connectivity index (χ4n) is 1.98. The number of rotatable bonds is 8. The van der Waals surface area contributed by atoms with Crippen LogP contribution in [0.25, 0.3) is 0 Å². The summed E-state index contributed by atoms with van der Waals surface area (Å²) in [5.74, 6) is 0.295. The molecule has 0 aliphatic rings. The summed E-state index contributed by atoms with van der Waals surface area (Å²) in [6.07, 6.45) is 4.34. The lowest BCUT2D eigenvalue weighted by atomic mass is 10.0. The highest BCUT2D eigenvalue weighted by Crippen LogP contribution is 2.24. The number of ether oxygens (including phenoxy) is 2. The van der Waals surface area contributed by atoms with Gasteiger partial charge in [-0.25, -0.2) is 4.79 Å². The molecule has 1 atom stereocenters. The Kier molecular flexibility index (Phi) is 6.91. The van der Waals surface area contributed by atoms with Crippen LogP contribution < -0.4 is 4.74 Å². The second-order valence-electron chi connectivity index (χ2n) is 4.90. The van der Waals surface area contributed by atoms with Gasteiger partial charge in [-0.05, 0) is 24.5 Å². The topological polar surface area (TPSA) is 55.8 Å². The van der Waals surface area contributed by atoms with E-state index in [-0.39, 0.29) is 11.3 Å². The first-order chi connectivity index (χ1) is 9.62. The van der Waals surface area contributed by atoms with E-state index in [4.69, 9.17) is 9.47 Å². The van der Waals surface area contributed by atoms with Crippen molar-refractivity contribution in [2.75, 3.05) is 13.7 Å². The number of hydrogen-bond donors (Lipinski definition) is 1. The minimum Gasteiger partial charge on any atom is -0.507 e. The number of methoxy groups -OCH3 is 1. The van der Waals surface area contributed by atoms with Crippen LogP contribution in [0.3, 0.4) is 0 Å². The van der Waals surface area contributed by atoms with Gasteiger partial charge >= 0.3 is 5.97 Å². The summed E-state index contributed by atoms with van der Waals surface area (Å²) in [6.45, 7) is 4.65. The van der Waals surface area contributed by atoms with E-state index >= 15 is 0 Å². The second kappa shape index (κ2) is 8.46. The van der Waals surface area contributed by atoms with E-state index in [9.17, 15) is 9.90 Å². The molecule has 0 amide bonds. The van der Waals surface area contributed by atoms with Crippen molar-refractivity contribution < 1.29 is 19.4 Å². The van der Waals surface area contributed by atoms with Crippen molar-refractivity contribution in [3.8, 4) is 11.5 Å². The summed E-state index contributed by atoms with van der Waals surface area (Å²) in [4.78, 5) is 11.9. The van der Waals surface area contributed by atoms with Gasteiger partial charge in [-0.2, -0.15) is 0 Å². The van der Waals surface area contributed by atoms with Gasteiger partial charge in [0.2, 0.25) is 0 Å². The first-order valence-electron chi connectivity index (χ1n) is 7.16. The van der Waals surface area contributed by atoms with E-state index in [1.54, 1.807) is 6.07 Å². The van der Waals surface area contributed by atoms with Gasteiger partial charge in [0.05, 0.1) is 13.7 Å². The molecular weight excluding hydrogens is 256 g/mol. The smallest absolute Gasteiger partial charge is 0.341 e. The van der Waals surface area contributed by atoms with Crippen LogP contribution in [0.2, 0.25) is 0 Å². The summed E-state index contributed by atoms with van der Waals surface area (Å²) in [5, 5.41) is 9.78. The first kappa shape index (κ1) is 16.3. The molecule has 112 valence electrons. The van der Waals surface area contributed by atoms with Crippen molar-refractivity contribution in [2.24, 2.45) is 5.92 Å². The highest BCUT2D eigenvalue weighted by Gasteiger charge is 2.15. The fraction of sp³-hybridized carbons (Fsp3) is 0.562. The Morgan fingerprint density at radius 2 is 2.10 bits per heavy atom. The lowest BCUT2D eigenvalue weighted by molar-refractivity contribution is 0.0425. The maximum Gasteiger partial charge on any atom is 0.341 e. The normalized spacial score (nSPS) is 11.9. The predicted octanol–water partition coefficient (Wildman–Crippen LogP) is 3.77. The molecule has 0 radical (unpaired) electrons. The molecule has 0 saturated carbocycles. The zero-order valence-corrected chi connectivity index (χ0v) is 12.5. The molecule has 1 unspecified atom stereocenters. The maximum absolute atomic E-state index is 11.9. The van der Waals surface area contributed by atoms with Crippen LogP contribution >= 0.6 is 0 Å². The summed E-state index contributed by atoms with van der Waals surface area (Å²) in [5.41, 5.74) is 0.177. The van der Waals surface area contributed by atoms with Gasteiger partial charge in [0, 0.05) is 6.07 Å². The maximum atomic E-state index is 11.9. The monoisotopic (exact) mass is 280 g/mol. The summed E-state index contributed by atoms with van der Waals surface area (Å²) >= 11 is 0. The number of unbranched alkanes of at least 4 members (excludes halogenated alkanes) is 1. The molecule has 20 heavy (non-hydrogen) atoms. The molecule has 4 heteroatoms. The standard InChI is InChI=1S/C16H24O4/c1-4-6-7-12(5-2)11-20-16(18)14-9-8-13(19-3)10-15(14)17/h8-10,12,17H,4-7,11H2,1-3H3. The highest BCUT2D eigenvalue weighted by molar-refractivity contribution is 5.92. The lowest BCUT2D eigenvalue weighted by Crippen LogP contribution is -2.14. The average Bonchev–Trinajstić information content (AvgIpc) is 2.47. The first-order valence-corrected chi connectivity index (χ1v) is 7.16. The SMILES string of the molecule is CCCCC(CC)COC(=O)c1ccc(OC)cc1O. The number of benzene rings is 1. The third kappa shape index (κ3) is 4.76. The molecule has 0 aliphatic heterocycles. The van der Waals surface area contributed by atoms with Gasteiger partial charge in [-0.15, -0.1) is 0 Å². The van der Waals surface area contributed by atoms with Gasteiger partial charge in [-0.1, -0.05) is 33.1 Å². The molecule has 0 fully saturated rings. The minimum absolute atomic E-state index is 0.115. The number of hydrogen-bond acceptors (Lipinski definition) is 4. The van der Waals surface area contributed by atoms with Crippen LogP contribution in [-0.2, 0) is 4.74 Å². The Balaban J connectivity index is 2.57. The van der Waals surface area contributed by atoms with Crippen molar-refractivity contribution in [1.82, 2.24) is 0 Å². The summed E-state index contributed by atoms with van der Waals surface area (Å²) in [7, 11) is 1.51. The Hall–Kier alpha value is -1.71. The van der Waals surface area contributed by atoms with Crippen LogP contribution in [-0.4, -0.2) is 24.8 Å². The number of phenolic OH excluding ortho intramolecular Hbond substituents is 1. The van der Waals surface area contributed by atoms with E-state index in [1.807, 2.05) is 0 Å². The molecule has 1 aromatic rings. The van der Waals surface area contributed by atoms with Crippen molar-refractivity contribution in [3.05, 3.63) is 23.8 Å². The molecule has 0 saturated heterocycles. The highest BCUT2D eigenvalue weighted by atomic mass is 16.5. The minimum atomic E-state index is -0.486. The van der Waals surface area contributed by atoms with Gasteiger partial charge in [0.1, 0.15) is 17.1 Å². The number of carbonyl (C=O) groups is 1. The molecule has 1 rings (SSSR count). The largest absolute Gasteiger partial charge is 0.507 e. The molecule has 4 nitrogen and oxygen atoms in total. The van der Waals surface area contributed by atoms with E-state index in [1.165, 1.54) is 19.2 Å². The predicted molar refractivity (Wildman–Crippen MR) is 78.2 cm³/mol. The fourth-order valence-corrected chi connectivity index (χ4v) is 1.98. The number of aromatic hydroxyl groups is 1. The Bertz CT molecular complexity index is 428. The van der Waals surface area contributed by atoms with Gasteiger partial charge < -0.3 is 14.6 Å².